The van der Waals surface area contributed by atoms with Gasteiger partial charge in [0.05, 0.1) is 12.7 Å². The number of benzene rings is 1. The van der Waals surface area contributed by atoms with Gasteiger partial charge in [-0.2, -0.15) is 0 Å². The summed E-state index contributed by atoms with van der Waals surface area (Å²) in [5, 5.41) is 0. The Balaban J connectivity index is 2.14. The van der Waals surface area contributed by atoms with Crippen molar-refractivity contribution >= 4 is 11.7 Å². The Morgan fingerprint density at radius 1 is 1.32 bits per heavy atom. The second kappa shape index (κ2) is 6.38. The van der Waals surface area contributed by atoms with E-state index in [2.05, 4.69) is 0 Å². The maximum absolute atomic E-state index is 14.1. The number of hydrogen-bond acceptors (Lipinski definition) is 3. The Labute approximate surface area is 130 Å². The van der Waals surface area contributed by atoms with Gasteiger partial charge in [0.2, 0.25) is 0 Å². The molecule has 0 radical (unpaired) electrons. The van der Waals surface area contributed by atoms with Gasteiger partial charge in [-0.1, -0.05) is 12.1 Å². The van der Waals surface area contributed by atoms with Gasteiger partial charge in [0.1, 0.15) is 17.2 Å². The number of nitrogens with zero attached hydrogens (tertiary/aromatic N) is 1. The number of methoxy groups -OCH3 is 1. The lowest BCUT2D eigenvalue weighted by Crippen LogP contribution is -2.39. The molecule has 0 saturated heterocycles. The Morgan fingerprint density at radius 2 is 2.05 bits per heavy atom. The maximum atomic E-state index is 14.1. The van der Waals surface area contributed by atoms with Gasteiger partial charge in [-0.3, -0.25) is 0 Å². The molecule has 0 spiro atoms. The monoisotopic (exact) mass is 307 g/mol. The molecule has 0 unspecified atom stereocenters. The minimum atomic E-state index is -0.518. The molecule has 2 rings (SSSR count). The van der Waals surface area contributed by atoms with Crippen molar-refractivity contribution in [3.05, 3.63) is 35.7 Å². The van der Waals surface area contributed by atoms with E-state index in [1.807, 2.05) is 26.8 Å². The van der Waals surface area contributed by atoms with Crippen molar-refractivity contribution in [1.82, 2.24) is 4.90 Å². The third-order valence-electron chi connectivity index (χ3n) is 3.38. The molecule has 0 atom stereocenters. The molecule has 0 N–H and O–H groups in total. The molecule has 0 aliphatic carbocycles. The number of halogens is 1. The Bertz CT molecular complexity index is 590. The predicted molar refractivity (Wildman–Crippen MR) is 83.4 cm³/mol. The first-order chi connectivity index (χ1) is 10.3. The van der Waals surface area contributed by atoms with Crippen LogP contribution in [0.4, 0.5) is 9.18 Å². The highest BCUT2D eigenvalue weighted by molar-refractivity contribution is 5.75. The van der Waals surface area contributed by atoms with Gasteiger partial charge < -0.3 is 14.4 Å². The summed E-state index contributed by atoms with van der Waals surface area (Å²) in [6, 6.07) is 4.77. The third-order valence-corrected chi connectivity index (χ3v) is 3.38. The summed E-state index contributed by atoms with van der Waals surface area (Å²) >= 11 is 0. The smallest absolute Gasteiger partial charge is 0.410 e. The van der Waals surface area contributed by atoms with E-state index in [4.69, 9.17) is 9.47 Å². The molecule has 1 aliphatic rings. The summed E-state index contributed by atoms with van der Waals surface area (Å²) in [6.45, 7) is 6.40. The van der Waals surface area contributed by atoms with Crippen LogP contribution in [-0.4, -0.2) is 36.8 Å². The van der Waals surface area contributed by atoms with Gasteiger partial charge in [0, 0.05) is 13.1 Å². The van der Waals surface area contributed by atoms with Crippen molar-refractivity contribution in [3.63, 3.8) is 0 Å². The summed E-state index contributed by atoms with van der Waals surface area (Å²) in [5.41, 5.74) is 0.819. The largest absolute Gasteiger partial charge is 0.496 e. The number of carbonyl (C=O) groups excluding carboxylic acids is 1. The summed E-state index contributed by atoms with van der Waals surface area (Å²) in [7, 11) is 1.52. The second-order valence-corrected chi connectivity index (χ2v) is 6.22. The predicted octanol–water partition coefficient (Wildman–Crippen LogP) is 3.86. The van der Waals surface area contributed by atoms with Crippen molar-refractivity contribution in [2.75, 3.05) is 20.2 Å². The van der Waals surface area contributed by atoms with Crippen LogP contribution in [0.2, 0.25) is 0 Å². The number of carbonyl (C=O) groups is 1. The zero-order valence-electron chi connectivity index (χ0n) is 13.5. The number of rotatable bonds is 2. The van der Waals surface area contributed by atoms with E-state index in [1.165, 1.54) is 13.2 Å². The molecule has 1 aromatic carbocycles. The molecule has 1 aliphatic heterocycles. The van der Waals surface area contributed by atoms with Crippen LogP contribution >= 0.6 is 0 Å². The number of ether oxygens (including phenoxy) is 2. The fraction of sp³-hybridized carbons (Fsp3) is 0.471. The van der Waals surface area contributed by atoms with Gasteiger partial charge in [-0.15, -0.1) is 0 Å². The molecule has 1 aromatic rings. The van der Waals surface area contributed by atoms with Crippen LogP contribution in [0.15, 0.2) is 24.3 Å². The highest BCUT2D eigenvalue weighted by Gasteiger charge is 2.25. The zero-order valence-corrected chi connectivity index (χ0v) is 13.5. The van der Waals surface area contributed by atoms with Crippen LogP contribution in [0.25, 0.3) is 5.57 Å². The Hall–Kier alpha value is -2.04. The highest BCUT2D eigenvalue weighted by Crippen LogP contribution is 2.32. The van der Waals surface area contributed by atoms with Gasteiger partial charge in [-0.25, -0.2) is 9.18 Å². The van der Waals surface area contributed by atoms with Crippen molar-refractivity contribution in [1.29, 1.82) is 0 Å². The fourth-order valence-corrected chi connectivity index (χ4v) is 2.37. The van der Waals surface area contributed by atoms with Crippen molar-refractivity contribution in [2.45, 2.75) is 32.8 Å². The normalized spacial score (nSPS) is 15.3. The van der Waals surface area contributed by atoms with Crippen molar-refractivity contribution < 1.29 is 18.7 Å². The molecule has 1 heterocycles. The molecule has 0 fully saturated rings. The second-order valence-electron chi connectivity index (χ2n) is 6.22. The molecule has 0 saturated carbocycles. The van der Waals surface area contributed by atoms with E-state index >= 15 is 0 Å². The van der Waals surface area contributed by atoms with E-state index in [0.29, 0.717) is 30.8 Å². The highest BCUT2D eigenvalue weighted by atomic mass is 19.1. The minimum Gasteiger partial charge on any atom is -0.496 e. The first kappa shape index (κ1) is 16.3. The Morgan fingerprint density at radius 3 is 2.59 bits per heavy atom. The van der Waals surface area contributed by atoms with Gasteiger partial charge in [-0.05, 0) is 44.9 Å². The molecule has 120 valence electrons. The number of amides is 1. The molecule has 4 nitrogen and oxygen atoms in total. The van der Waals surface area contributed by atoms with Gasteiger partial charge >= 0.3 is 6.09 Å². The van der Waals surface area contributed by atoms with Crippen molar-refractivity contribution in [3.8, 4) is 5.75 Å². The molecule has 0 bridgehead atoms. The van der Waals surface area contributed by atoms with Crippen LogP contribution in [0.5, 0.6) is 5.75 Å². The van der Waals surface area contributed by atoms with E-state index in [9.17, 15) is 9.18 Å². The van der Waals surface area contributed by atoms with Crippen LogP contribution in [0, 0.1) is 5.82 Å². The summed E-state index contributed by atoms with van der Waals surface area (Å²) in [4.78, 5) is 13.6. The molecular weight excluding hydrogens is 285 g/mol. The maximum Gasteiger partial charge on any atom is 0.410 e. The average Bonchev–Trinajstić information content (AvgIpc) is 2.45. The van der Waals surface area contributed by atoms with Crippen LogP contribution in [-0.2, 0) is 4.74 Å². The van der Waals surface area contributed by atoms with E-state index in [1.54, 1.807) is 17.0 Å². The standard InChI is InChI=1S/C17H22FNO3/c1-17(2,3)22-16(20)19-10-8-12(9-11-19)15-13(18)6-5-7-14(15)21-4/h5-8H,9-11H2,1-4H3. The van der Waals surface area contributed by atoms with Crippen molar-refractivity contribution in [2.24, 2.45) is 0 Å². The van der Waals surface area contributed by atoms with E-state index < -0.39 is 5.60 Å². The summed E-state index contributed by atoms with van der Waals surface area (Å²) in [5.74, 6) is 0.202. The summed E-state index contributed by atoms with van der Waals surface area (Å²) in [6.07, 6.45) is 2.08. The molecule has 5 heteroatoms. The van der Waals surface area contributed by atoms with Crippen LogP contribution < -0.4 is 4.74 Å². The summed E-state index contributed by atoms with van der Waals surface area (Å²) < 4.78 is 24.7. The van der Waals surface area contributed by atoms with Crippen LogP contribution in [0.3, 0.4) is 0 Å². The molecule has 1 amide bonds. The lowest BCUT2D eigenvalue weighted by atomic mass is 9.98. The lowest BCUT2D eigenvalue weighted by molar-refractivity contribution is 0.0270. The average molecular weight is 307 g/mol. The first-order valence-electron chi connectivity index (χ1n) is 7.31. The molecule has 22 heavy (non-hydrogen) atoms. The minimum absolute atomic E-state index is 0.309. The van der Waals surface area contributed by atoms with Gasteiger partial charge in [0.25, 0.3) is 0 Å². The lowest BCUT2D eigenvalue weighted by Gasteiger charge is -2.30. The SMILES string of the molecule is COc1cccc(F)c1C1=CCN(C(=O)OC(C)(C)C)CC1. The van der Waals surface area contributed by atoms with Crippen LogP contribution in [0.1, 0.15) is 32.8 Å². The zero-order chi connectivity index (χ0) is 16.3. The van der Waals surface area contributed by atoms with Gasteiger partial charge in [0.15, 0.2) is 0 Å². The van der Waals surface area contributed by atoms with E-state index in [-0.39, 0.29) is 11.9 Å². The Kier molecular flexibility index (Phi) is 4.74. The third kappa shape index (κ3) is 3.78. The first-order valence-corrected chi connectivity index (χ1v) is 7.31. The number of hydrogen-bond donors (Lipinski definition) is 0. The molecule has 0 aromatic heterocycles. The topological polar surface area (TPSA) is 38.8 Å². The molecular formula is C17H22FNO3. The fourth-order valence-electron chi connectivity index (χ4n) is 2.37. The quantitative estimate of drug-likeness (QED) is 0.833. The van der Waals surface area contributed by atoms with E-state index in [0.717, 1.165) is 5.57 Å².